The lowest BCUT2D eigenvalue weighted by atomic mass is 9.83. The van der Waals surface area contributed by atoms with Crippen molar-refractivity contribution in [1.82, 2.24) is 0 Å². The fourth-order valence-corrected chi connectivity index (χ4v) is 3.43. The molecule has 0 aromatic heterocycles. The zero-order chi connectivity index (χ0) is 13.4. The maximum absolute atomic E-state index is 6.05. The second-order valence-electron chi connectivity index (χ2n) is 5.78. The number of para-hydroxylation sites is 3. The lowest BCUT2D eigenvalue weighted by molar-refractivity contribution is 0.440. The van der Waals surface area contributed by atoms with Crippen molar-refractivity contribution in [2.24, 2.45) is 0 Å². The van der Waals surface area contributed by atoms with Gasteiger partial charge in [-0.25, -0.2) is 0 Å². The molecular formula is C18H19NO. The molecule has 1 aliphatic carbocycles. The molecule has 20 heavy (non-hydrogen) atoms. The molecule has 2 nitrogen and oxygen atoms in total. The third-order valence-corrected chi connectivity index (χ3v) is 4.47. The van der Waals surface area contributed by atoms with E-state index < -0.39 is 0 Å². The normalized spacial score (nSPS) is 17.6. The summed E-state index contributed by atoms with van der Waals surface area (Å²) >= 11 is 0. The standard InChI is InChI=1S/C18H19NO/c1-2-7-13(8-3-1)14-9-6-12-17-18(14)19-15-10-4-5-11-16(15)20-17/h4-6,9-13,19H,1-3,7-8H2. The van der Waals surface area contributed by atoms with Gasteiger partial charge >= 0.3 is 0 Å². The summed E-state index contributed by atoms with van der Waals surface area (Å²) in [5.41, 5.74) is 3.68. The molecular weight excluding hydrogens is 246 g/mol. The summed E-state index contributed by atoms with van der Waals surface area (Å²) in [5.74, 6) is 2.56. The molecule has 1 fully saturated rings. The Labute approximate surface area is 119 Å². The molecule has 1 aliphatic heterocycles. The van der Waals surface area contributed by atoms with Crippen molar-refractivity contribution in [1.29, 1.82) is 0 Å². The first-order valence-corrected chi connectivity index (χ1v) is 7.58. The lowest BCUT2D eigenvalue weighted by Gasteiger charge is -2.29. The van der Waals surface area contributed by atoms with Gasteiger partial charge in [0.25, 0.3) is 0 Å². The Bertz CT molecular complexity index is 629. The molecule has 1 heterocycles. The Kier molecular flexibility index (Phi) is 2.87. The second kappa shape index (κ2) is 4.86. The zero-order valence-electron chi connectivity index (χ0n) is 11.6. The molecule has 102 valence electrons. The van der Waals surface area contributed by atoms with Crippen LogP contribution < -0.4 is 10.1 Å². The largest absolute Gasteiger partial charge is 0.453 e. The highest BCUT2D eigenvalue weighted by Crippen LogP contribution is 2.47. The van der Waals surface area contributed by atoms with Crippen LogP contribution in [0, 0.1) is 0 Å². The molecule has 1 N–H and O–H groups in total. The molecule has 0 amide bonds. The number of rotatable bonds is 1. The highest BCUT2D eigenvalue weighted by Gasteiger charge is 2.24. The molecule has 4 rings (SSSR count). The molecule has 0 unspecified atom stereocenters. The molecule has 2 aliphatic rings. The fourth-order valence-electron chi connectivity index (χ4n) is 3.43. The van der Waals surface area contributed by atoms with E-state index in [1.807, 2.05) is 18.2 Å². The average molecular weight is 265 g/mol. The van der Waals surface area contributed by atoms with Gasteiger partial charge in [0, 0.05) is 0 Å². The molecule has 0 bridgehead atoms. The monoisotopic (exact) mass is 265 g/mol. The number of ether oxygens (including phenoxy) is 1. The van der Waals surface area contributed by atoms with Crippen LogP contribution in [0.2, 0.25) is 0 Å². The van der Waals surface area contributed by atoms with Gasteiger partial charge in [0.05, 0.1) is 11.4 Å². The zero-order valence-corrected chi connectivity index (χ0v) is 11.6. The average Bonchev–Trinajstić information content (AvgIpc) is 2.53. The van der Waals surface area contributed by atoms with Crippen LogP contribution in [-0.2, 0) is 0 Å². The van der Waals surface area contributed by atoms with E-state index in [-0.39, 0.29) is 0 Å². The van der Waals surface area contributed by atoms with Crippen molar-refractivity contribution in [3.05, 3.63) is 48.0 Å². The van der Waals surface area contributed by atoms with Gasteiger partial charge in [0.15, 0.2) is 11.5 Å². The highest BCUT2D eigenvalue weighted by molar-refractivity contribution is 5.78. The minimum Gasteiger partial charge on any atom is -0.453 e. The Morgan fingerprint density at radius 2 is 1.65 bits per heavy atom. The smallest absolute Gasteiger partial charge is 0.151 e. The Morgan fingerprint density at radius 1 is 0.850 bits per heavy atom. The summed E-state index contributed by atoms with van der Waals surface area (Å²) < 4.78 is 6.05. The van der Waals surface area contributed by atoms with Crippen LogP contribution in [0.15, 0.2) is 42.5 Å². The van der Waals surface area contributed by atoms with Crippen molar-refractivity contribution in [2.75, 3.05) is 5.32 Å². The van der Waals surface area contributed by atoms with E-state index in [9.17, 15) is 0 Å². The molecule has 0 saturated heterocycles. The minimum atomic E-state index is 0.681. The van der Waals surface area contributed by atoms with Crippen molar-refractivity contribution in [2.45, 2.75) is 38.0 Å². The molecule has 1 saturated carbocycles. The second-order valence-corrected chi connectivity index (χ2v) is 5.78. The molecule has 0 spiro atoms. The van der Waals surface area contributed by atoms with E-state index in [4.69, 9.17) is 4.74 Å². The van der Waals surface area contributed by atoms with E-state index in [1.165, 1.54) is 43.4 Å². The fraction of sp³-hybridized carbons (Fsp3) is 0.333. The van der Waals surface area contributed by atoms with E-state index in [0.29, 0.717) is 5.92 Å². The van der Waals surface area contributed by atoms with E-state index in [0.717, 1.165) is 17.2 Å². The number of fused-ring (bicyclic) bond motifs is 2. The molecule has 2 aromatic rings. The first-order valence-electron chi connectivity index (χ1n) is 7.58. The first kappa shape index (κ1) is 11.8. The van der Waals surface area contributed by atoms with E-state index in [1.54, 1.807) is 0 Å². The van der Waals surface area contributed by atoms with Crippen LogP contribution in [0.4, 0.5) is 11.4 Å². The summed E-state index contributed by atoms with van der Waals surface area (Å²) in [6.07, 6.45) is 6.70. The van der Waals surface area contributed by atoms with Gasteiger partial charge in [-0.2, -0.15) is 0 Å². The van der Waals surface area contributed by atoms with Gasteiger partial charge < -0.3 is 10.1 Å². The maximum atomic E-state index is 6.05. The van der Waals surface area contributed by atoms with Crippen molar-refractivity contribution >= 4 is 11.4 Å². The number of hydrogen-bond donors (Lipinski definition) is 1. The Morgan fingerprint density at radius 3 is 2.55 bits per heavy atom. The van der Waals surface area contributed by atoms with Crippen LogP contribution >= 0.6 is 0 Å². The summed E-state index contributed by atoms with van der Waals surface area (Å²) in [4.78, 5) is 0. The first-order chi connectivity index (χ1) is 9.92. The maximum Gasteiger partial charge on any atom is 0.151 e. The van der Waals surface area contributed by atoms with Gasteiger partial charge in [-0.1, -0.05) is 43.5 Å². The van der Waals surface area contributed by atoms with Gasteiger partial charge in [0.2, 0.25) is 0 Å². The highest BCUT2D eigenvalue weighted by atomic mass is 16.5. The third kappa shape index (κ3) is 1.96. The Balaban J connectivity index is 1.74. The third-order valence-electron chi connectivity index (χ3n) is 4.47. The quantitative estimate of drug-likeness (QED) is 0.619. The van der Waals surface area contributed by atoms with Gasteiger partial charge in [-0.05, 0) is 42.5 Å². The van der Waals surface area contributed by atoms with E-state index in [2.05, 4.69) is 29.6 Å². The van der Waals surface area contributed by atoms with Crippen molar-refractivity contribution in [3.8, 4) is 11.5 Å². The molecule has 2 aromatic carbocycles. The lowest BCUT2D eigenvalue weighted by Crippen LogP contribution is -2.10. The van der Waals surface area contributed by atoms with Crippen LogP contribution in [0.5, 0.6) is 11.5 Å². The number of hydrogen-bond acceptors (Lipinski definition) is 2. The number of benzene rings is 2. The Hall–Kier alpha value is -1.96. The molecule has 0 atom stereocenters. The summed E-state index contributed by atoms with van der Waals surface area (Å²) in [5, 5.41) is 3.58. The van der Waals surface area contributed by atoms with Crippen LogP contribution in [0.25, 0.3) is 0 Å². The van der Waals surface area contributed by atoms with Crippen LogP contribution in [0.3, 0.4) is 0 Å². The minimum absolute atomic E-state index is 0.681. The summed E-state index contributed by atoms with van der Waals surface area (Å²) in [7, 11) is 0. The molecule has 2 heteroatoms. The predicted octanol–water partition coefficient (Wildman–Crippen LogP) is 5.58. The van der Waals surface area contributed by atoms with Gasteiger partial charge in [0.1, 0.15) is 0 Å². The van der Waals surface area contributed by atoms with Gasteiger partial charge in [-0.3, -0.25) is 0 Å². The molecule has 0 radical (unpaired) electrons. The van der Waals surface area contributed by atoms with E-state index >= 15 is 0 Å². The van der Waals surface area contributed by atoms with Gasteiger partial charge in [-0.15, -0.1) is 0 Å². The topological polar surface area (TPSA) is 21.3 Å². The summed E-state index contributed by atoms with van der Waals surface area (Å²) in [6.45, 7) is 0. The summed E-state index contributed by atoms with van der Waals surface area (Å²) in [6, 6.07) is 14.6. The number of anilines is 2. The predicted molar refractivity (Wildman–Crippen MR) is 82.1 cm³/mol. The van der Waals surface area contributed by atoms with Crippen LogP contribution in [0.1, 0.15) is 43.6 Å². The van der Waals surface area contributed by atoms with Crippen molar-refractivity contribution in [3.63, 3.8) is 0 Å². The van der Waals surface area contributed by atoms with Crippen molar-refractivity contribution < 1.29 is 4.74 Å². The SMILES string of the molecule is c1ccc2c(c1)Nc1c(cccc1C1CCCCC1)O2. The van der Waals surface area contributed by atoms with Crippen LogP contribution in [-0.4, -0.2) is 0 Å². The number of nitrogens with one attached hydrogen (secondary N) is 1.